The summed E-state index contributed by atoms with van der Waals surface area (Å²) in [6.07, 6.45) is 2.28. The van der Waals surface area contributed by atoms with Gasteiger partial charge in [0, 0.05) is 24.0 Å². The van der Waals surface area contributed by atoms with Crippen LogP contribution >= 0.6 is 11.3 Å². The third kappa shape index (κ3) is 3.06. The highest BCUT2D eigenvalue weighted by Gasteiger charge is 2.24. The van der Waals surface area contributed by atoms with Gasteiger partial charge >= 0.3 is 5.97 Å². The second-order valence-corrected chi connectivity index (χ2v) is 6.26. The maximum atomic E-state index is 11.6. The van der Waals surface area contributed by atoms with Crippen LogP contribution in [-0.4, -0.2) is 56.2 Å². The number of carbonyl (C=O) groups is 1. The van der Waals surface area contributed by atoms with E-state index >= 15 is 0 Å². The monoisotopic (exact) mass is 283 g/mol. The first-order valence-electron chi connectivity index (χ1n) is 6.50. The first-order valence-corrected chi connectivity index (χ1v) is 7.31. The number of esters is 1. The Bertz CT molecular complexity index is 451. The molecule has 0 radical (unpaired) electrons. The van der Waals surface area contributed by atoms with E-state index < -0.39 is 0 Å². The highest BCUT2D eigenvalue weighted by molar-refractivity contribution is 7.15. The van der Waals surface area contributed by atoms with Crippen molar-refractivity contribution in [3.8, 4) is 0 Å². The van der Waals surface area contributed by atoms with Crippen molar-refractivity contribution in [1.82, 2.24) is 9.88 Å². The Labute approximate surface area is 118 Å². The van der Waals surface area contributed by atoms with E-state index in [1.807, 2.05) is 6.92 Å². The third-order valence-corrected chi connectivity index (χ3v) is 4.66. The molecule has 0 bridgehead atoms. The van der Waals surface area contributed by atoms with Crippen molar-refractivity contribution in [3.05, 3.63) is 10.6 Å². The molecule has 1 saturated heterocycles. The van der Waals surface area contributed by atoms with Crippen molar-refractivity contribution in [2.45, 2.75) is 25.8 Å². The zero-order valence-corrected chi connectivity index (χ0v) is 12.8. The van der Waals surface area contributed by atoms with E-state index in [0.717, 1.165) is 35.9 Å². The molecule has 1 aromatic heterocycles. The van der Waals surface area contributed by atoms with Gasteiger partial charge in [-0.15, -0.1) is 11.3 Å². The smallest absolute Gasteiger partial charge is 0.357 e. The molecule has 0 spiro atoms. The molecule has 1 aromatic rings. The van der Waals surface area contributed by atoms with Gasteiger partial charge in [0.25, 0.3) is 0 Å². The highest BCUT2D eigenvalue weighted by Crippen LogP contribution is 2.28. The quantitative estimate of drug-likeness (QED) is 0.791. The summed E-state index contributed by atoms with van der Waals surface area (Å²) < 4.78 is 4.75. The minimum Gasteiger partial charge on any atom is -0.464 e. The van der Waals surface area contributed by atoms with Gasteiger partial charge in [0.2, 0.25) is 0 Å². The average molecular weight is 283 g/mol. The van der Waals surface area contributed by atoms with Crippen LogP contribution in [0, 0.1) is 6.92 Å². The average Bonchev–Trinajstić information content (AvgIpc) is 2.80. The number of anilines is 1. The number of rotatable bonds is 3. The van der Waals surface area contributed by atoms with E-state index in [1.165, 1.54) is 7.11 Å². The standard InChI is InChI=1S/C13H21N3O2S/c1-9-11(12(17)18-4)14-13(19-9)16-7-5-10(6-8-16)15(2)3/h10H,5-8H2,1-4H3. The molecule has 1 aliphatic rings. The number of thiazole rings is 1. The van der Waals surface area contributed by atoms with Gasteiger partial charge in [-0.1, -0.05) is 0 Å². The molecule has 0 saturated carbocycles. The minimum atomic E-state index is -0.344. The van der Waals surface area contributed by atoms with Crippen LogP contribution in [0.25, 0.3) is 0 Å². The predicted octanol–water partition coefficient (Wildman–Crippen LogP) is 1.77. The number of carbonyl (C=O) groups excluding carboxylic acids is 1. The van der Waals surface area contributed by atoms with Crippen molar-refractivity contribution in [2.24, 2.45) is 0 Å². The van der Waals surface area contributed by atoms with Crippen LogP contribution in [-0.2, 0) is 4.74 Å². The molecule has 5 nitrogen and oxygen atoms in total. The lowest BCUT2D eigenvalue weighted by Crippen LogP contribution is -2.41. The zero-order valence-electron chi connectivity index (χ0n) is 12.0. The van der Waals surface area contributed by atoms with Gasteiger partial charge < -0.3 is 14.5 Å². The lowest BCUT2D eigenvalue weighted by atomic mass is 10.0. The first-order chi connectivity index (χ1) is 9.02. The van der Waals surface area contributed by atoms with Crippen LogP contribution < -0.4 is 4.90 Å². The van der Waals surface area contributed by atoms with Crippen molar-refractivity contribution >= 4 is 22.4 Å². The topological polar surface area (TPSA) is 45.7 Å². The summed E-state index contributed by atoms with van der Waals surface area (Å²) in [6.45, 7) is 3.91. The first kappa shape index (κ1) is 14.3. The number of ether oxygens (including phenoxy) is 1. The molecule has 0 aliphatic carbocycles. The lowest BCUT2D eigenvalue weighted by molar-refractivity contribution is 0.0594. The Hall–Kier alpha value is -1.14. The fourth-order valence-electron chi connectivity index (χ4n) is 2.38. The third-order valence-electron chi connectivity index (χ3n) is 3.63. The van der Waals surface area contributed by atoms with Crippen molar-refractivity contribution < 1.29 is 9.53 Å². The Morgan fingerprint density at radius 3 is 2.58 bits per heavy atom. The molecule has 2 rings (SSSR count). The number of hydrogen-bond donors (Lipinski definition) is 0. The Balaban J connectivity index is 2.06. The molecule has 2 heterocycles. The Kier molecular flexibility index (Phi) is 4.42. The maximum absolute atomic E-state index is 11.6. The number of nitrogens with zero attached hydrogens (tertiary/aromatic N) is 3. The van der Waals surface area contributed by atoms with Crippen LogP contribution in [0.2, 0.25) is 0 Å². The van der Waals surface area contributed by atoms with Crippen LogP contribution in [0.3, 0.4) is 0 Å². The van der Waals surface area contributed by atoms with Gasteiger partial charge in [-0.25, -0.2) is 9.78 Å². The summed E-state index contributed by atoms with van der Waals surface area (Å²) in [7, 11) is 5.65. The van der Waals surface area contributed by atoms with E-state index in [2.05, 4.69) is 28.9 Å². The molecule has 0 unspecified atom stereocenters. The zero-order chi connectivity index (χ0) is 14.0. The molecule has 1 aliphatic heterocycles. The predicted molar refractivity (Wildman–Crippen MR) is 77.1 cm³/mol. The molecule has 0 aromatic carbocycles. The van der Waals surface area contributed by atoms with E-state index in [1.54, 1.807) is 11.3 Å². The molecule has 0 atom stereocenters. The fraction of sp³-hybridized carbons (Fsp3) is 0.692. The Morgan fingerprint density at radius 1 is 1.42 bits per heavy atom. The summed E-state index contributed by atoms with van der Waals surface area (Å²) in [5.74, 6) is -0.344. The maximum Gasteiger partial charge on any atom is 0.357 e. The molecule has 0 N–H and O–H groups in total. The summed E-state index contributed by atoms with van der Waals surface area (Å²) in [5.41, 5.74) is 0.456. The van der Waals surface area contributed by atoms with E-state index in [9.17, 15) is 4.79 Å². The van der Waals surface area contributed by atoms with Gasteiger partial charge in [-0.2, -0.15) is 0 Å². The minimum absolute atomic E-state index is 0.344. The molecule has 0 amide bonds. The number of methoxy groups -OCH3 is 1. The van der Waals surface area contributed by atoms with Crippen LogP contribution in [0.5, 0.6) is 0 Å². The van der Waals surface area contributed by atoms with E-state index in [0.29, 0.717) is 11.7 Å². The fourth-order valence-corrected chi connectivity index (χ4v) is 3.33. The Morgan fingerprint density at radius 2 is 2.05 bits per heavy atom. The van der Waals surface area contributed by atoms with Crippen LogP contribution in [0.1, 0.15) is 28.2 Å². The number of piperidine rings is 1. The van der Waals surface area contributed by atoms with Crippen molar-refractivity contribution in [1.29, 1.82) is 0 Å². The number of aromatic nitrogens is 1. The van der Waals surface area contributed by atoms with Gasteiger partial charge in [0.15, 0.2) is 10.8 Å². The molecule has 106 valence electrons. The van der Waals surface area contributed by atoms with Gasteiger partial charge in [0.1, 0.15) is 0 Å². The molecule has 1 fully saturated rings. The molecule has 6 heteroatoms. The molecular weight excluding hydrogens is 262 g/mol. The molecular formula is C13H21N3O2S. The number of aryl methyl sites for hydroxylation is 1. The summed E-state index contributed by atoms with van der Waals surface area (Å²) in [5, 5.41) is 0.940. The SMILES string of the molecule is COC(=O)c1nc(N2CCC(N(C)C)CC2)sc1C. The van der Waals surface area contributed by atoms with Crippen molar-refractivity contribution in [3.63, 3.8) is 0 Å². The second-order valence-electron chi connectivity index (χ2n) is 5.07. The lowest BCUT2D eigenvalue weighted by Gasteiger charge is -2.35. The summed E-state index contributed by atoms with van der Waals surface area (Å²) >= 11 is 1.57. The van der Waals surface area contributed by atoms with Gasteiger partial charge in [-0.05, 0) is 33.9 Å². The summed E-state index contributed by atoms with van der Waals surface area (Å²) in [4.78, 5) is 21.5. The van der Waals surface area contributed by atoms with Gasteiger partial charge in [0.05, 0.1) is 7.11 Å². The van der Waals surface area contributed by atoms with E-state index in [-0.39, 0.29) is 5.97 Å². The largest absolute Gasteiger partial charge is 0.464 e. The van der Waals surface area contributed by atoms with Gasteiger partial charge in [-0.3, -0.25) is 0 Å². The van der Waals surface area contributed by atoms with Crippen LogP contribution in [0.4, 0.5) is 5.13 Å². The normalized spacial score (nSPS) is 17.0. The van der Waals surface area contributed by atoms with Crippen molar-refractivity contribution in [2.75, 3.05) is 39.2 Å². The highest BCUT2D eigenvalue weighted by atomic mass is 32.1. The molecule has 19 heavy (non-hydrogen) atoms. The van der Waals surface area contributed by atoms with Crippen LogP contribution in [0.15, 0.2) is 0 Å². The second kappa shape index (κ2) is 5.88. The number of hydrogen-bond acceptors (Lipinski definition) is 6. The summed E-state index contributed by atoms with van der Waals surface area (Å²) in [6, 6.07) is 0.650. The van der Waals surface area contributed by atoms with E-state index in [4.69, 9.17) is 4.74 Å².